The Morgan fingerprint density at radius 2 is 2.00 bits per heavy atom. The summed E-state index contributed by atoms with van der Waals surface area (Å²) in [4.78, 5) is 0. The lowest BCUT2D eigenvalue weighted by Crippen LogP contribution is -2.05. The van der Waals surface area contributed by atoms with E-state index in [0.717, 1.165) is 12.1 Å². The van der Waals surface area contributed by atoms with Gasteiger partial charge in [-0.25, -0.2) is 0 Å². The van der Waals surface area contributed by atoms with Gasteiger partial charge >= 0.3 is 6.18 Å². The molecule has 0 heterocycles. The van der Waals surface area contributed by atoms with E-state index in [1.54, 1.807) is 0 Å². The highest BCUT2D eigenvalue weighted by Gasteiger charge is 2.31. The molecule has 1 nitrogen and oxygen atoms in total. The summed E-state index contributed by atoms with van der Waals surface area (Å²) in [7, 11) is 1.32. The van der Waals surface area contributed by atoms with Crippen LogP contribution in [0, 0.1) is 0 Å². The number of ether oxygens (including phenoxy) is 1. The number of halogens is 4. The van der Waals surface area contributed by atoms with E-state index in [2.05, 4.69) is 6.58 Å². The molecule has 5 heteroatoms. The summed E-state index contributed by atoms with van der Waals surface area (Å²) >= 11 is 5.71. The van der Waals surface area contributed by atoms with Gasteiger partial charge in [-0.15, -0.1) is 0 Å². The number of rotatable bonds is 2. The summed E-state index contributed by atoms with van der Waals surface area (Å²) in [5.41, 5.74) is -0.630. The molecule has 82 valence electrons. The van der Waals surface area contributed by atoms with Crippen molar-refractivity contribution < 1.29 is 17.9 Å². The molecular formula is C10H8ClF3O. The highest BCUT2D eigenvalue weighted by Crippen LogP contribution is 2.33. The SMILES string of the molecule is C=C(OC)c1cc(C(F)(F)F)ccc1Cl. The monoisotopic (exact) mass is 236 g/mol. The molecular weight excluding hydrogens is 229 g/mol. The fourth-order valence-electron chi connectivity index (χ4n) is 1.03. The zero-order valence-electron chi connectivity index (χ0n) is 7.86. The quantitative estimate of drug-likeness (QED) is 0.706. The maximum Gasteiger partial charge on any atom is 0.416 e. The number of hydrogen-bond donors (Lipinski definition) is 0. The molecule has 0 aliphatic heterocycles. The summed E-state index contributed by atoms with van der Waals surface area (Å²) in [6, 6.07) is 2.99. The molecule has 0 amide bonds. The second kappa shape index (κ2) is 4.14. The van der Waals surface area contributed by atoms with Crippen molar-refractivity contribution in [3.63, 3.8) is 0 Å². The Morgan fingerprint density at radius 3 is 2.47 bits per heavy atom. The summed E-state index contributed by atoms with van der Waals surface area (Å²) in [6.45, 7) is 3.45. The van der Waals surface area contributed by atoms with Gasteiger partial charge in [0.15, 0.2) is 0 Å². The predicted octanol–water partition coefficient (Wildman–Crippen LogP) is 3.98. The van der Waals surface area contributed by atoms with Crippen molar-refractivity contribution in [1.29, 1.82) is 0 Å². The van der Waals surface area contributed by atoms with E-state index in [1.807, 2.05) is 0 Å². The predicted molar refractivity (Wildman–Crippen MR) is 52.5 cm³/mol. The molecule has 0 fully saturated rings. The normalized spacial score (nSPS) is 11.3. The average molecular weight is 237 g/mol. The fraction of sp³-hybridized carbons (Fsp3) is 0.200. The topological polar surface area (TPSA) is 9.23 Å². The van der Waals surface area contributed by atoms with Gasteiger partial charge in [0.2, 0.25) is 0 Å². The number of benzene rings is 1. The first-order valence-corrected chi connectivity index (χ1v) is 4.34. The lowest BCUT2D eigenvalue weighted by atomic mass is 10.1. The zero-order valence-corrected chi connectivity index (χ0v) is 8.62. The summed E-state index contributed by atoms with van der Waals surface area (Å²) in [6.07, 6.45) is -4.40. The smallest absolute Gasteiger partial charge is 0.416 e. The maximum atomic E-state index is 12.4. The Morgan fingerprint density at radius 1 is 1.40 bits per heavy atom. The minimum atomic E-state index is -4.40. The third-order valence-corrected chi connectivity index (χ3v) is 2.17. The van der Waals surface area contributed by atoms with Gasteiger partial charge in [-0.3, -0.25) is 0 Å². The van der Waals surface area contributed by atoms with Gasteiger partial charge in [0.05, 0.1) is 17.7 Å². The molecule has 0 atom stereocenters. The minimum absolute atomic E-state index is 0.103. The van der Waals surface area contributed by atoms with E-state index in [-0.39, 0.29) is 16.3 Å². The molecule has 0 N–H and O–H groups in total. The maximum absolute atomic E-state index is 12.4. The number of methoxy groups -OCH3 is 1. The Bertz CT molecular complexity index is 385. The second-order valence-electron chi connectivity index (χ2n) is 2.82. The van der Waals surface area contributed by atoms with Crippen LogP contribution in [-0.2, 0) is 10.9 Å². The molecule has 0 aromatic heterocycles. The molecule has 1 aromatic rings. The van der Waals surface area contributed by atoms with Crippen LogP contribution in [0.1, 0.15) is 11.1 Å². The van der Waals surface area contributed by atoms with Crippen LogP contribution in [0.5, 0.6) is 0 Å². The third kappa shape index (κ3) is 2.65. The molecule has 0 saturated carbocycles. The molecule has 15 heavy (non-hydrogen) atoms. The van der Waals surface area contributed by atoms with Crippen molar-refractivity contribution >= 4 is 17.4 Å². The van der Waals surface area contributed by atoms with Gasteiger partial charge in [-0.2, -0.15) is 13.2 Å². The summed E-state index contributed by atoms with van der Waals surface area (Å²) in [5.74, 6) is 0.103. The van der Waals surface area contributed by atoms with Crippen LogP contribution in [0.4, 0.5) is 13.2 Å². The van der Waals surface area contributed by atoms with E-state index in [4.69, 9.17) is 16.3 Å². The fourth-order valence-corrected chi connectivity index (χ4v) is 1.25. The molecule has 0 spiro atoms. The van der Waals surface area contributed by atoms with Crippen LogP contribution in [0.2, 0.25) is 5.02 Å². The molecule has 1 rings (SSSR count). The molecule has 0 unspecified atom stereocenters. The number of alkyl halides is 3. The van der Waals surface area contributed by atoms with Crippen LogP contribution in [0.25, 0.3) is 5.76 Å². The highest BCUT2D eigenvalue weighted by molar-refractivity contribution is 6.32. The third-order valence-electron chi connectivity index (χ3n) is 1.84. The minimum Gasteiger partial charge on any atom is -0.497 e. The molecule has 0 bridgehead atoms. The Labute approximate surface area is 90.1 Å². The molecule has 0 aliphatic rings. The van der Waals surface area contributed by atoms with Crippen molar-refractivity contribution in [2.24, 2.45) is 0 Å². The van der Waals surface area contributed by atoms with Crippen LogP contribution < -0.4 is 0 Å². The molecule has 0 aliphatic carbocycles. The van der Waals surface area contributed by atoms with Crippen molar-refractivity contribution in [1.82, 2.24) is 0 Å². The van der Waals surface area contributed by atoms with E-state index in [0.29, 0.717) is 0 Å². The first-order valence-electron chi connectivity index (χ1n) is 3.96. The average Bonchev–Trinajstić information content (AvgIpc) is 2.15. The van der Waals surface area contributed by atoms with E-state index in [1.165, 1.54) is 13.2 Å². The van der Waals surface area contributed by atoms with Crippen molar-refractivity contribution in [3.05, 3.63) is 40.9 Å². The first-order chi connectivity index (χ1) is 6.86. The zero-order chi connectivity index (χ0) is 11.6. The molecule has 0 saturated heterocycles. The summed E-state index contributed by atoms with van der Waals surface area (Å²) in [5, 5.41) is 0.176. The Hall–Kier alpha value is -1.16. The standard InChI is InChI=1S/C10H8ClF3O/c1-6(15-2)8-5-7(10(12,13)14)3-4-9(8)11/h3-5H,1H2,2H3. The second-order valence-corrected chi connectivity index (χ2v) is 3.23. The van der Waals surface area contributed by atoms with Gasteiger partial charge in [-0.05, 0) is 18.2 Å². The highest BCUT2D eigenvalue weighted by atomic mass is 35.5. The van der Waals surface area contributed by atoms with E-state index in [9.17, 15) is 13.2 Å². The lowest BCUT2D eigenvalue weighted by Gasteiger charge is -2.11. The van der Waals surface area contributed by atoms with Gasteiger partial charge in [0.25, 0.3) is 0 Å². The molecule has 1 aromatic carbocycles. The lowest BCUT2D eigenvalue weighted by molar-refractivity contribution is -0.137. The van der Waals surface area contributed by atoms with Crippen molar-refractivity contribution in [2.45, 2.75) is 6.18 Å². The van der Waals surface area contributed by atoms with Crippen LogP contribution in [0.3, 0.4) is 0 Å². The van der Waals surface area contributed by atoms with E-state index < -0.39 is 11.7 Å². The van der Waals surface area contributed by atoms with Crippen molar-refractivity contribution in [2.75, 3.05) is 7.11 Å². The van der Waals surface area contributed by atoms with Gasteiger partial charge in [-0.1, -0.05) is 18.2 Å². The molecule has 0 radical (unpaired) electrons. The first kappa shape index (κ1) is 11.9. The van der Waals surface area contributed by atoms with Crippen LogP contribution in [0.15, 0.2) is 24.8 Å². The van der Waals surface area contributed by atoms with Crippen LogP contribution in [-0.4, -0.2) is 7.11 Å². The van der Waals surface area contributed by atoms with Gasteiger partial charge in [0.1, 0.15) is 5.76 Å². The Kier molecular flexibility index (Phi) is 3.29. The number of hydrogen-bond acceptors (Lipinski definition) is 1. The van der Waals surface area contributed by atoms with Gasteiger partial charge < -0.3 is 4.74 Å². The van der Waals surface area contributed by atoms with Gasteiger partial charge in [0, 0.05) is 5.56 Å². The largest absolute Gasteiger partial charge is 0.497 e. The van der Waals surface area contributed by atoms with Crippen LogP contribution >= 0.6 is 11.6 Å². The summed E-state index contributed by atoms with van der Waals surface area (Å²) < 4.78 is 41.8. The van der Waals surface area contributed by atoms with E-state index >= 15 is 0 Å². The Balaban J connectivity index is 3.23. The van der Waals surface area contributed by atoms with Crippen molar-refractivity contribution in [3.8, 4) is 0 Å².